The summed E-state index contributed by atoms with van der Waals surface area (Å²) < 4.78 is 0. The summed E-state index contributed by atoms with van der Waals surface area (Å²) in [5.74, 6) is 0.0311. The Morgan fingerprint density at radius 1 is 1.40 bits per heavy atom. The fourth-order valence-electron chi connectivity index (χ4n) is 2.45. The third kappa shape index (κ3) is 2.56. The van der Waals surface area contributed by atoms with Crippen LogP contribution >= 0.6 is 11.3 Å². The highest BCUT2D eigenvalue weighted by atomic mass is 32.1. The van der Waals surface area contributed by atoms with Crippen LogP contribution in [0.25, 0.3) is 10.7 Å². The Morgan fingerprint density at radius 3 is 3.05 bits per heavy atom. The maximum atomic E-state index is 12.5. The zero-order valence-corrected chi connectivity index (χ0v) is 12.1. The number of thiazole rings is 1. The van der Waals surface area contributed by atoms with E-state index in [1.54, 1.807) is 18.6 Å². The minimum atomic E-state index is 0.0311. The third-order valence-corrected chi connectivity index (χ3v) is 4.43. The van der Waals surface area contributed by atoms with Crippen molar-refractivity contribution in [3.8, 4) is 10.7 Å². The van der Waals surface area contributed by atoms with Gasteiger partial charge in [0.05, 0.1) is 6.20 Å². The third-order valence-electron chi connectivity index (χ3n) is 3.57. The molecule has 0 radical (unpaired) electrons. The number of carbonyl (C=O) groups is 1. The lowest BCUT2D eigenvalue weighted by molar-refractivity contribution is 0.0630. The maximum absolute atomic E-state index is 12.5. The summed E-state index contributed by atoms with van der Waals surface area (Å²) in [5, 5.41) is 2.55. The van der Waals surface area contributed by atoms with Crippen molar-refractivity contribution in [2.75, 3.05) is 6.54 Å². The molecule has 0 aromatic carbocycles. The highest BCUT2D eigenvalue weighted by Gasteiger charge is 2.26. The van der Waals surface area contributed by atoms with Crippen molar-refractivity contribution in [3.05, 3.63) is 29.7 Å². The van der Waals surface area contributed by atoms with E-state index in [1.165, 1.54) is 17.8 Å². The quantitative estimate of drug-likeness (QED) is 0.852. The Labute approximate surface area is 121 Å². The van der Waals surface area contributed by atoms with Gasteiger partial charge in [0.1, 0.15) is 16.4 Å². The van der Waals surface area contributed by atoms with Gasteiger partial charge in [-0.05, 0) is 26.2 Å². The molecule has 6 heteroatoms. The lowest BCUT2D eigenvalue weighted by Gasteiger charge is -2.32. The van der Waals surface area contributed by atoms with Crippen LogP contribution in [0.3, 0.4) is 0 Å². The van der Waals surface area contributed by atoms with E-state index in [1.807, 2.05) is 10.3 Å². The zero-order valence-electron chi connectivity index (χ0n) is 11.3. The van der Waals surface area contributed by atoms with Crippen molar-refractivity contribution < 1.29 is 4.79 Å². The summed E-state index contributed by atoms with van der Waals surface area (Å²) in [5.41, 5.74) is 1.23. The number of nitrogens with zero attached hydrogens (tertiary/aromatic N) is 4. The summed E-state index contributed by atoms with van der Waals surface area (Å²) in [6.07, 6.45) is 8.27. The molecule has 1 amide bonds. The van der Waals surface area contributed by atoms with E-state index < -0.39 is 0 Å². The van der Waals surface area contributed by atoms with E-state index in [0.29, 0.717) is 17.4 Å². The molecule has 1 fully saturated rings. The fraction of sp³-hybridized carbons (Fsp3) is 0.429. The van der Waals surface area contributed by atoms with Crippen LogP contribution in [-0.2, 0) is 0 Å². The number of rotatable bonds is 2. The second-order valence-electron chi connectivity index (χ2n) is 4.97. The van der Waals surface area contributed by atoms with Gasteiger partial charge < -0.3 is 4.90 Å². The van der Waals surface area contributed by atoms with Crippen molar-refractivity contribution in [2.45, 2.75) is 32.2 Å². The van der Waals surface area contributed by atoms with Crippen molar-refractivity contribution in [1.82, 2.24) is 19.9 Å². The van der Waals surface area contributed by atoms with Gasteiger partial charge in [-0.25, -0.2) is 4.98 Å². The summed E-state index contributed by atoms with van der Waals surface area (Å²) in [4.78, 5) is 27.1. The van der Waals surface area contributed by atoms with Gasteiger partial charge in [-0.15, -0.1) is 11.3 Å². The van der Waals surface area contributed by atoms with Crippen LogP contribution in [0.5, 0.6) is 0 Å². The van der Waals surface area contributed by atoms with E-state index in [9.17, 15) is 4.79 Å². The summed E-state index contributed by atoms with van der Waals surface area (Å²) in [7, 11) is 0. The molecule has 0 aliphatic carbocycles. The molecule has 0 saturated carbocycles. The summed E-state index contributed by atoms with van der Waals surface area (Å²) in [6.45, 7) is 2.94. The van der Waals surface area contributed by atoms with E-state index in [2.05, 4.69) is 21.9 Å². The molecule has 3 heterocycles. The molecule has 2 aromatic heterocycles. The van der Waals surface area contributed by atoms with Crippen molar-refractivity contribution in [2.24, 2.45) is 0 Å². The van der Waals surface area contributed by atoms with E-state index in [4.69, 9.17) is 0 Å². The number of hydrogen-bond donors (Lipinski definition) is 0. The molecule has 3 rings (SSSR count). The van der Waals surface area contributed by atoms with Gasteiger partial charge in [-0.2, -0.15) is 0 Å². The van der Waals surface area contributed by atoms with Crippen LogP contribution in [0.15, 0.2) is 24.0 Å². The van der Waals surface area contributed by atoms with Crippen LogP contribution in [0.2, 0.25) is 0 Å². The highest BCUT2D eigenvalue weighted by molar-refractivity contribution is 7.13. The minimum absolute atomic E-state index is 0.0311. The normalized spacial score (nSPS) is 19.1. The van der Waals surface area contributed by atoms with E-state index in [-0.39, 0.29) is 5.91 Å². The topological polar surface area (TPSA) is 59.0 Å². The van der Waals surface area contributed by atoms with Crippen molar-refractivity contribution in [1.29, 1.82) is 0 Å². The predicted octanol–water partition coefficient (Wildman–Crippen LogP) is 2.61. The van der Waals surface area contributed by atoms with Crippen LogP contribution in [0, 0.1) is 0 Å². The van der Waals surface area contributed by atoms with Gasteiger partial charge >= 0.3 is 0 Å². The predicted molar refractivity (Wildman–Crippen MR) is 77.5 cm³/mol. The average molecular weight is 288 g/mol. The highest BCUT2D eigenvalue weighted by Crippen LogP contribution is 2.24. The lowest BCUT2D eigenvalue weighted by Crippen LogP contribution is -2.42. The van der Waals surface area contributed by atoms with Gasteiger partial charge in [-0.1, -0.05) is 0 Å². The Morgan fingerprint density at radius 2 is 2.30 bits per heavy atom. The number of carbonyl (C=O) groups excluding carboxylic acids is 1. The first-order valence-electron chi connectivity index (χ1n) is 6.78. The first-order chi connectivity index (χ1) is 9.75. The van der Waals surface area contributed by atoms with Gasteiger partial charge in [-0.3, -0.25) is 14.8 Å². The second-order valence-corrected chi connectivity index (χ2v) is 5.83. The molecule has 104 valence electrons. The Bertz CT molecular complexity index is 598. The summed E-state index contributed by atoms with van der Waals surface area (Å²) >= 11 is 1.44. The van der Waals surface area contributed by atoms with Crippen molar-refractivity contribution in [3.63, 3.8) is 0 Å². The fourth-order valence-corrected chi connectivity index (χ4v) is 3.20. The van der Waals surface area contributed by atoms with E-state index in [0.717, 1.165) is 24.4 Å². The molecule has 1 aliphatic rings. The molecule has 20 heavy (non-hydrogen) atoms. The second kappa shape index (κ2) is 5.66. The standard InChI is InChI=1S/C14H16N4OS/c1-10-4-2-3-7-18(10)14(19)12-9-20-13(17-12)11-8-15-5-6-16-11/h5-6,8-10H,2-4,7H2,1H3. The Hall–Kier alpha value is -1.82. The molecule has 1 unspecified atom stereocenters. The molecule has 0 spiro atoms. The van der Waals surface area contributed by atoms with Gasteiger partial charge in [0, 0.05) is 30.4 Å². The first-order valence-corrected chi connectivity index (χ1v) is 7.66. The number of aromatic nitrogens is 3. The first kappa shape index (κ1) is 13.2. The molecule has 1 aliphatic heterocycles. The van der Waals surface area contributed by atoms with Gasteiger partial charge in [0.15, 0.2) is 0 Å². The number of likely N-dealkylation sites (tertiary alicyclic amines) is 1. The van der Waals surface area contributed by atoms with Crippen LogP contribution < -0.4 is 0 Å². The molecular formula is C14H16N4OS. The van der Waals surface area contributed by atoms with Crippen LogP contribution in [0.1, 0.15) is 36.7 Å². The number of hydrogen-bond acceptors (Lipinski definition) is 5. The molecule has 2 aromatic rings. The zero-order chi connectivity index (χ0) is 13.9. The number of amides is 1. The van der Waals surface area contributed by atoms with Gasteiger partial charge in [0.2, 0.25) is 0 Å². The van der Waals surface area contributed by atoms with Crippen molar-refractivity contribution >= 4 is 17.2 Å². The smallest absolute Gasteiger partial charge is 0.273 e. The summed E-state index contributed by atoms with van der Waals surface area (Å²) in [6, 6.07) is 0.304. The van der Waals surface area contributed by atoms with Gasteiger partial charge in [0.25, 0.3) is 5.91 Å². The average Bonchev–Trinajstić information content (AvgIpc) is 2.98. The molecule has 0 bridgehead atoms. The largest absolute Gasteiger partial charge is 0.335 e. The minimum Gasteiger partial charge on any atom is -0.335 e. The Balaban J connectivity index is 1.81. The number of piperidine rings is 1. The maximum Gasteiger partial charge on any atom is 0.273 e. The van der Waals surface area contributed by atoms with Crippen LogP contribution in [-0.4, -0.2) is 38.3 Å². The lowest BCUT2D eigenvalue weighted by atomic mass is 10.0. The molecule has 1 atom stereocenters. The molecule has 1 saturated heterocycles. The monoisotopic (exact) mass is 288 g/mol. The Kier molecular flexibility index (Phi) is 3.73. The molecular weight excluding hydrogens is 272 g/mol. The molecule has 0 N–H and O–H groups in total. The van der Waals surface area contributed by atoms with E-state index >= 15 is 0 Å². The molecule has 5 nitrogen and oxygen atoms in total. The van der Waals surface area contributed by atoms with Crippen LogP contribution in [0.4, 0.5) is 0 Å². The SMILES string of the molecule is CC1CCCCN1C(=O)c1csc(-c2cnccn2)n1.